The molecule has 0 bridgehead atoms. The number of benzene rings is 1. The van der Waals surface area contributed by atoms with E-state index in [1.54, 1.807) is 4.90 Å². The molecule has 0 atom stereocenters. The van der Waals surface area contributed by atoms with Crippen molar-refractivity contribution in [3.8, 4) is 5.75 Å². The van der Waals surface area contributed by atoms with Crippen molar-refractivity contribution in [2.24, 2.45) is 0 Å². The number of hydrogen-bond acceptors (Lipinski definition) is 3. The topological polar surface area (TPSA) is 78.2 Å². The maximum atomic E-state index is 12.2. The summed E-state index contributed by atoms with van der Waals surface area (Å²) in [6.45, 7) is 3.64. The van der Waals surface area contributed by atoms with Gasteiger partial charge < -0.3 is 14.7 Å². The third kappa shape index (κ3) is 3.64. The number of hydrogen-bond donors (Lipinski definition) is 2. The number of aromatic nitrogens is 2. The molecule has 2 heterocycles. The molecule has 1 aromatic heterocycles. The molecule has 1 aliphatic heterocycles. The second kappa shape index (κ2) is 6.73. The summed E-state index contributed by atoms with van der Waals surface area (Å²) in [4.78, 5) is 25.5. The van der Waals surface area contributed by atoms with Gasteiger partial charge in [-0.1, -0.05) is 17.7 Å². The van der Waals surface area contributed by atoms with Crippen molar-refractivity contribution < 1.29 is 9.53 Å². The molecule has 0 radical (unpaired) electrons. The Morgan fingerprint density at radius 3 is 2.83 bits per heavy atom. The molecule has 1 aromatic carbocycles. The predicted molar refractivity (Wildman–Crippen MR) is 86.4 cm³/mol. The lowest BCUT2D eigenvalue weighted by atomic mass is 10.1. The summed E-state index contributed by atoms with van der Waals surface area (Å²) in [5, 5.41) is 5.42. The van der Waals surface area contributed by atoms with Crippen molar-refractivity contribution in [1.82, 2.24) is 15.1 Å². The number of nitrogens with zero attached hydrogens (tertiary/aromatic N) is 1. The quantitative estimate of drug-likeness (QED) is 0.825. The maximum absolute atomic E-state index is 12.2. The van der Waals surface area contributed by atoms with E-state index < -0.39 is 0 Å². The zero-order valence-corrected chi connectivity index (χ0v) is 13.2. The number of carbonyl (C=O) groups is 1. The smallest absolute Gasteiger partial charge is 0.267 e. The third-order valence-electron chi connectivity index (χ3n) is 4.12. The fourth-order valence-corrected chi connectivity index (χ4v) is 2.76. The fraction of sp³-hybridized carbons (Fsp3) is 0.412. The molecule has 1 amide bonds. The highest BCUT2D eigenvalue weighted by atomic mass is 16.5. The van der Waals surface area contributed by atoms with Gasteiger partial charge in [0.1, 0.15) is 5.75 Å². The SMILES string of the molecule is Cc1ccc(OCCCC(=O)N2CCc3c([nH][nH]c3=O)C2)cc1. The van der Waals surface area contributed by atoms with E-state index in [0.717, 1.165) is 17.0 Å². The zero-order chi connectivity index (χ0) is 16.2. The number of aromatic amines is 2. The van der Waals surface area contributed by atoms with Gasteiger partial charge in [0.15, 0.2) is 0 Å². The third-order valence-corrected chi connectivity index (χ3v) is 4.12. The second-order valence-corrected chi connectivity index (χ2v) is 5.87. The minimum atomic E-state index is -0.0707. The van der Waals surface area contributed by atoms with Crippen LogP contribution in [0.5, 0.6) is 5.75 Å². The fourth-order valence-electron chi connectivity index (χ4n) is 2.76. The van der Waals surface area contributed by atoms with Crippen LogP contribution in [0.1, 0.15) is 29.7 Å². The predicted octanol–water partition coefficient (Wildman–Crippen LogP) is 1.76. The first-order chi connectivity index (χ1) is 11.1. The summed E-state index contributed by atoms with van der Waals surface area (Å²) in [6, 6.07) is 7.88. The molecular formula is C17H21N3O3. The molecule has 2 N–H and O–H groups in total. The number of ether oxygens (including phenoxy) is 1. The highest BCUT2D eigenvalue weighted by Gasteiger charge is 2.23. The minimum Gasteiger partial charge on any atom is -0.494 e. The van der Waals surface area contributed by atoms with E-state index in [0.29, 0.717) is 39.0 Å². The molecule has 1 aliphatic rings. The summed E-state index contributed by atoms with van der Waals surface area (Å²) < 4.78 is 5.64. The Morgan fingerprint density at radius 1 is 1.26 bits per heavy atom. The van der Waals surface area contributed by atoms with E-state index in [9.17, 15) is 9.59 Å². The standard InChI is InChI=1S/C17H21N3O3/c1-12-4-6-13(7-5-12)23-10-2-3-16(21)20-9-8-14-15(11-20)18-19-17(14)22/h4-7H,2-3,8-11H2,1H3,(H2,18,19,22). The lowest BCUT2D eigenvalue weighted by Gasteiger charge is -2.26. The van der Waals surface area contributed by atoms with E-state index >= 15 is 0 Å². The van der Waals surface area contributed by atoms with E-state index in [4.69, 9.17) is 4.74 Å². The molecule has 0 saturated heterocycles. The lowest BCUT2D eigenvalue weighted by Crippen LogP contribution is -2.36. The Hall–Kier alpha value is -2.50. The first-order valence-electron chi connectivity index (χ1n) is 7.89. The second-order valence-electron chi connectivity index (χ2n) is 5.87. The summed E-state index contributed by atoms with van der Waals surface area (Å²) in [6.07, 6.45) is 1.75. The van der Waals surface area contributed by atoms with Crippen LogP contribution in [-0.2, 0) is 17.8 Å². The van der Waals surface area contributed by atoms with Gasteiger partial charge >= 0.3 is 0 Å². The van der Waals surface area contributed by atoms with Gasteiger partial charge in [-0.3, -0.25) is 14.7 Å². The van der Waals surface area contributed by atoms with E-state index in [2.05, 4.69) is 10.2 Å². The van der Waals surface area contributed by atoms with Crippen molar-refractivity contribution in [2.45, 2.75) is 32.7 Å². The number of fused-ring (bicyclic) bond motifs is 1. The molecule has 0 aliphatic carbocycles. The Morgan fingerprint density at radius 2 is 2.04 bits per heavy atom. The Labute approximate surface area is 134 Å². The molecular weight excluding hydrogens is 294 g/mol. The number of carbonyl (C=O) groups excluding carboxylic acids is 1. The van der Waals surface area contributed by atoms with Crippen LogP contribution in [0.3, 0.4) is 0 Å². The first kappa shape index (κ1) is 15.4. The van der Waals surface area contributed by atoms with Crippen LogP contribution >= 0.6 is 0 Å². The van der Waals surface area contributed by atoms with Gasteiger partial charge in [0.25, 0.3) is 5.56 Å². The maximum Gasteiger partial charge on any atom is 0.267 e. The van der Waals surface area contributed by atoms with Crippen LogP contribution in [0.2, 0.25) is 0 Å². The molecule has 2 aromatic rings. The molecule has 0 saturated carbocycles. The number of nitrogens with one attached hydrogen (secondary N) is 2. The molecule has 0 fully saturated rings. The van der Waals surface area contributed by atoms with Crippen molar-refractivity contribution in [2.75, 3.05) is 13.2 Å². The summed E-state index contributed by atoms with van der Waals surface area (Å²) in [5.41, 5.74) is 2.72. The molecule has 3 rings (SSSR count). The number of amides is 1. The average Bonchev–Trinajstić information content (AvgIpc) is 2.94. The average molecular weight is 315 g/mol. The van der Waals surface area contributed by atoms with Gasteiger partial charge in [-0.2, -0.15) is 0 Å². The van der Waals surface area contributed by atoms with Gasteiger partial charge in [-0.05, 0) is 31.9 Å². The molecule has 23 heavy (non-hydrogen) atoms. The van der Waals surface area contributed by atoms with Crippen LogP contribution in [0.15, 0.2) is 29.1 Å². The van der Waals surface area contributed by atoms with Crippen molar-refractivity contribution in [3.05, 3.63) is 51.4 Å². The van der Waals surface area contributed by atoms with E-state index in [1.807, 2.05) is 31.2 Å². The largest absolute Gasteiger partial charge is 0.494 e. The van der Waals surface area contributed by atoms with E-state index in [-0.39, 0.29) is 11.5 Å². The zero-order valence-electron chi connectivity index (χ0n) is 13.2. The monoisotopic (exact) mass is 315 g/mol. The number of rotatable bonds is 5. The van der Waals surface area contributed by atoms with Gasteiger partial charge in [-0.15, -0.1) is 0 Å². The van der Waals surface area contributed by atoms with Crippen molar-refractivity contribution in [3.63, 3.8) is 0 Å². The van der Waals surface area contributed by atoms with Crippen molar-refractivity contribution in [1.29, 1.82) is 0 Å². The van der Waals surface area contributed by atoms with Crippen LogP contribution < -0.4 is 10.3 Å². The van der Waals surface area contributed by atoms with Gasteiger partial charge in [-0.25, -0.2) is 0 Å². The molecule has 122 valence electrons. The van der Waals surface area contributed by atoms with Crippen LogP contribution in [0, 0.1) is 6.92 Å². The lowest BCUT2D eigenvalue weighted by molar-refractivity contribution is -0.132. The van der Waals surface area contributed by atoms with Crippen LogP contribution in [-0.4, -0.2) is 34.2 Å². The Bertz CT molecular complexity index is 730. The van der Waals surface area contributed by atoms with Crippen molar-refractivity contribution >= 4 is 5.91 Å². The Balaban J connectivity index is 1.43. The van der Waals surface area contributed by atoms with Gasteiger partial charge in [0, 0.05) is 18.5 Å². The van der Waals surface area contributed by atoms with Gasteiger partial charge in [0.05, 0.1) is 18.8 Å². The first-order valence-corrected chi connectivity index (χ1v) is 7.89. The molecule has 6 nitrogen and oxygen atoms in total. The van der Waals surface area contributed by atoms with Crippen LogP contribution in [0.4, 0.5) is 0 Å². The Kier molecular flexibility index (Phi) is 4.50. The van der Waals surface area contributed by atoms with Gasteiger partial charge in [0.2, 0.25) is 5.91 Å². The summed E-state index contributed by atoms with van der Waals surface area (Å²) in [7, 11) is 0. The van der Waals surface area contributed by atoms with Crippen LogP contribution in [0.25, 0.3) is 0 Å². The molecule has 6 heteroatoms. The summed E-state index contributed by atoms with van der Waals surface area (Å²) >= 11 is 0. The minimum absolute atomic E-state index is 0.0707. The number of H-pyrrole nitrogens is 2. The highest BCUT2D eigenvalue weighted by molar-refractivity contribution is 5.76. The highest BCUT2D eigenvalue weighted by Crippen LogP contribution is 2.15. The van der Waals surface area contributed by atoms with E-state index in [1.165, 1.54) is 5.56 Å². The number of aryl methyl sites for hydroxylation is 1. The molecule has 0 spiro atoms. The normalized spacial score (nSPS) is 13.7. The molecule has 0 unspecified atom stereocenters. The summed E-state index contributed by atoms with van der Waals surface area (Å²) in [5.74, 6) is 0.931.